The molecule has 0 N–H and O–H groups in total. The maximum atomic E-state index is 11.8. The molecule has 0 spiro atoms. The molecular formula is C10H6F3NO. The summed E-state index contributed by atoms with van der Waals surface area (Å²) in [4.78, 5) is 3.86. The third-order valence-electron chi connectivity index (χ3n) is 1.73. The maximum absolute atomic E-state index is 11.8. The van der Waals surface area contributed by atoms with Gasteiger partial charge in [0.15, 0.2) is 5.58 Å². The average Bonchev–Trinajstić information content (AvgIpc) is 2.56. The Morgan fingerprint density at radius 1 is 1.20 bits per heavy atom. The van der Waals surface area contributed by atoms with Gasteiger partial charge >= 0.3 is 6.18 Å². The fourth-order valence-electron chi connectivity index (χ4n) is 1.13. The molecule has 2 rings (SSSR count). The lowest BCUT2D eigenvalue weighted by atomic mass is 10.3. The van der Waals surface area contributed by atoms with Gasteiger partial charge in [-0.2, -0.15) is 13.2 Å². The molecule has 0 aliphatic carbocycles. The van der Waals surface area contributed by atoms with Crippen molar-refractivity contribution in [2.45, 2.75) is 6.18 Å². The van der Waals surface area contributed by atoms with Crippen molar-refractivity contribution < 1.29 is 17.6 Å². The van der Waals surface area contributed by atoms with Crippen LogP contribution < -0.4 is 0 Å². The second kappa shape index (κ2) is 3.42. The Balaban J connectivity index is 2.34. The summed E-state index contributed by atoms with van der Waals surface area (Å²) in [5.74, 6) is -0.0477. The number of para-hydroxylation sites is 2. The minimum absolute atomic E-state index is 0.0477. The van der Waals surface area contributed by atoms with E-state index in [0.29, 0.717) is 11.1 Å². The highest BCUT2D eigenvalue weighted by atomic mass is 19.4. The van der Waals surface area contributed by atoms with Gasteiger partial charge in [-0.1, -0.05) is 12.1 Å². The van der Waals surface area contributed by atoms with E-state index in [9.17, 15) is 13.2 Å². The molecule has 15 heavy (non-hydrogen) atoms. The van der Waals surface area contributed by atoms with Gasteiger partial charge in [0.05, 0.1) is 0 Å². The number of nitrogens with zero attached hydrogens (tertiary/aromatic N) is 1. The van der Waals surface area contributed by atoms with Gasteiger partial charge in [0.25, 0.3) is 0 Å². The summed E-state index contributed by atoms with van der Waals surface area (Å²) >= 11 is 0. The maximum Gasteiger partial charge on any atom is 0.409 e. The average molecular weight is 213 g/mol. The van der Waals surface area contributed by atoms with Crippen LogP contribution in [0.3, 0.4) is 0 Å². The van der Waals surface area contributed by atoms with E-state index in [1.807, 2.05) is 0 Å². The van der Waals surface area contributed by atoms with Gasteiger partial charge in [-0.15, -0.1) is 0 Å². The highest BCUT2D eigenvalue weighted by Gasteiger charge is 2.22. The summed E-state index contributed by atoms with van der Waals surface area (Å²) in [6.07, 6.45) is -3.45. The van der Waals surface area contributed by atoms with Crippen molar-refractivity contribution in [3.63, 3.8) is 0 Å². The molecule has 1 aromatic carbocycles. The van der Waals surface area contributed by atoms with Gasteiger partial charge in [-0.3, -0.25) is 0 Å². The van der Waals surface area contributed by atoms with E-state index in [1.54, 1.807) is 24.3 Å². The van der Waals surface area contributed by atoms with E-state index in [1.165, 1.54) is 0 Å². The first kappa shape index (κ1) is 9.76. The van der Waals surface area contributed by atoms with Crippen LogP contribution in [0.5, 0.6) is 0 Å². The monoisotopic (exact) mass is 213 g/mol. The van der Waals surface area contributed by atoms with Crippen molar-refractivity contribution in [1.82, 2.24) is 4.98 Å². The molecule has 0 fully saturated rings. The first-order valence-corrected chi connectivity index (χ1v) is 4.16. The summed E-state index contributed by atoms with van der Waals surface area (Å²) in [5.41, 5.74) is 1.01. The number of halogens is 3. The molecule has 0 saturated carbocycles. The molecule has 0 saturated heterocycles. The van der Waals surface area contributed by atoms with Crippen molar-refractivity contribution in [3.8, 4) is 0 Å². The van der Waals surface area contributed by atoms with Gasteiger partial charge < -0.3 is 4.42 Å². The van der Waals surface area contributed by atoms with Crippen LogP contribution in [0.25, 0.3) is 17.2 Å². The zero-order valence-corrected chi connectivity index (χ0v) is 7.45. The van der Waals surface area contributed by atoms with Crippen LogP contribution in [0.4, 0.5) is 13.2 Å². The standard InChI is InChI=1S/C10H6F3NO/c11-10(12,13)6-5-9-14-7-3-1-2-4-8(7)15-9/h1-6H/b6-5+. The van der Waals surface area contributed by atoms with Gasteiger partial charge in [0.2, 0.25) is 5.89 Å². The number of oxazole rings is 1. The molecule has 0 radical (unpaired) electrons. The number of hydrogen-bond donors (Lipinski definition) is 0. The lowest BCUT2D eigenvalue weighted by Gasteiger charge is -1.94. The topological polar surface area (TPSA) is 26.0 Å². The Bertz CT molecular complexity index is 466. The molecule has 0 aliphatic heterocycles. The van der Waals surface area contributed by atoms with Crippen LogP contribution in [-0.2, 0) is 0 Å². The third-order valence-corrected chi connectivity index (χ3v) is 1.73. The lowest BCUT2D eigenvalue weighted by molar-refractivity contribution is -0.0791. The SMILES string of the molecule is FC(F)(F)/C=C/c1nc2ccccc2o1. The normalized spacial score (nSPS) is 12.7. The quantitative estimate of drug-likeness (QED) is 0.725. The molecule has 78 valence electrons. The van der Waals surface area contributed by atoms with Crippen LogP contribution in [0, 0.1) is 0 Å². The van der Waals surface area contributed by atoms with Crippen LogP contribution in [-0.4, -0.2) is 11.2 Å². The van der Waals surface area contributed by atoms with Crippen molar-refractivity contribution in [2.75, 3.05) is 0 Å². The van der Waals surface area contributed by atoms with Crippen molar-refractivity contribution >= 4 is 17.2 Å². The van der Waals surface area contributed by atoms with E-state index in [-0.39, 0.29) is 12.0 Å². The zero-order valence-electron chi connectivity index (χ0n) is 7.45. The van der Waals surface area contributed by atoms with Gasteiger partial charge in [-0.25, -0.2) is 4.98 Å². The van der Waals surface area contributed by atoms with Crippen LogP contribution >= 0.6 is 0 Å². The third kappa shape index (κ3) is 2.37. The van der Waals surface area contributed by atoms with Crippen molar-refractivity contribution in [3.05, 3.63) is 36.2 Å². The molecular weight excluding hydrogens is 207 g/mol. The molecule has 1 heterocycles. The molecule has 0 unspecified atom stereocenters. The second-order valence-corrected chi connectivity index (χ2v) is 2.89. The number of rotatable bonds is 1. The second-order valence-electron chi connectivity index (χ2n) is 2.89. The Labute approximate surface area is 83.0 Å². The summed E-state index contributed by atoms with van der Waals surface area (Å²) in [6.45, 7) is 0. The molecule has 2 nitrogen and oxygen atoms in total. The Hall–Kier alpha value is -1.78. The molecule has 0 bridgehead atoms. The summed E-state index contributed by atoms with van der Waals surface area (Å²) in [7, 11) is 0. The highest BCUT2D eigenvalue weighted by Crippen LogP contribution is 2.20. The minimum atomic E-state index is -4.35. The molecule has 1 aromatic heterocycles. The van der Waals surface area contributed by atoms with E-state index in [4.69, 9.17) is 4.42 Å². The van der Waals surface area contributed by atoms with Gasteiger partial charge in [-0.05, 0) is 12.1 Å². The van der Waals surface area contributed by atoms with Gasteiger partial charge in [0.1, 0.15) is 5.52 Å². The predicted octanol–water partition coefficient (Wildman–Crippen LogP) is 3.40. The van der Waals surface area contributed by atoms with Crippen LogP contribution in [0.1, 0.15) is 5.89 Å². The first-order valence-electron chi connectivity index (χ1n) is 4.16. The Morgan fingerprint density at radius 3 is 2.60 bits per heavy atom. The van der Waals surface area contributed by atoms with E-state index in [2.05, 4.69) is 4.98 Å². The lowest BCUT2D eigenvalue weighted by Crippen LogP contribution is -2.00. The molecule has 0 atom stereocenters. The number of aromatic nitrogens is 1. The van der Waals surface area contributed by atoms with E-state index < -0.39 is 6.18 Å². The molecule has 2 aromatic rings. The smallest absolute Gasteiger partial charge is 0.409 e. The largest absolute Gasteiger partial charge is 0.437 e. The first-order chi connectivity index (χ1) is 7.04. The Morgan fingerprint density at radius 2 is 1.93 bits per heavy atom. The summed E-state index contributed by atoms with van der Waals surface area (Å²) < 4.78 is 40.6. The van der Waals surface area contributed by atoms with Gasteiger partial charge in [0, 0.05) is 12.2 Å². The van der Waals surface area contributed by atoms with E-state index >= 15 is 0 Å². The van der Waals surface area contributed by atoms with Crippen LogP contribution in [0.15, 0.2) is 34.8 Å². The highest BCUT2D eigenvalue weighted by molar-refractivity contribution is 5.73. The fraction of sp³-hybridized carbons (Fsp3) is 0.100. The number of benzene rings is 1. The number of fused-ring (bicyclic) bond motifs is 1. The number of alkyl halides is 3. The molecule has 5 heteroatoms. The van der Waals surface area contributed by atoms with Crippen LogP contribution in [0.2, 0.25) is 0 Å². The van der Waals surface area contributed by atoms with E-state index in [0.717, 1.165) is 6.08 Å². The Kier molecular flexibility index (Phi) is 2.22. The summed E-state index contributed by atoms with van der Waals surface area (Å²) in [6, 6.07) is 6.78. The minimum Gasteiger partial charge on any atom is -0.437 e. The predicted molar refractivity (Wildman–Crippen MR) is 49.1 cm³/mol. The summed E-state index contributed by atoms with van der Waals surface area (Å²) in [5, 5.41) is 0. The number of allylic oxidation sites excluding steroid dienone is 1. The molecule has 0 amide bonds. The zero-order chi connectivity index (χ0) is 10.9. The molecule has 0 aliphatic rings. The number of hydrogen-bond acceptors (Lipinski definition) is 2. The van der Waals surface area contributed by atoms with Crippen molar-refractivity contribution in [1.29, 1.82) is 0 Å². The van der Waals surface area contributed by atoms with Crippen molar-refractivity contribution in [2.24, 2.45) is 0 Å². The fourth-order valence-corrected chi connectivity index (χ4v) is 1.13.